The molecule has 0 saturated heterocycles. The molecule has 0 radical (unpaired) electrons. The summed E-state index contributed by atoms with van der Waals surface area (Å²) in [5.41, 5.74) is 7.96. The summed E-state index contributed by atoms with van der Waals surface area (Å²) in [6.45, 7) is 0. The van der Waals surface area contributed by atoms with E-state index >= 15 is 0 Å². The number of nitrogens with zero attached hydrogens (tertiary/aromatic N) is 1. The smallest absolute Gasteiger partial charge is 0.305 e. The van der Waals surface area contributed by atoms with Crippen LogP contribution in [0.15, 0.2) is 36.5 Å². The molecule has 2 aromatic rings. The Morgan fingerprint density at radius 2 is 2.28 bits per heavy atom. The predicted octanol–water partition coefficient (Wildman–Crippen LogP) is 2.19. The average Bonchev–Trinajstić information content (AvgIpc) is 2.43. The number of aromatic nitrogens is 1. The Balaban J connectivity index is 2.12. The molecule has 1 heterocycles. The topological polar surface area (TPSA) is 65.2 Å². The standard InChI is InChI=1S/C14H16N2O2/c1-18-14(17)7-6-12(15)11-5-4-10-3-2-8-16-13(10)9-11/h2-5,8-9,12H,6-7,15H2,1H3. The lowest BCUT2D eigenvalue weighted by Gasteiger charge is -2.11. The molecular weight excluding hydrogens is 228 g/mol. The number of methoxy groups -OCH3 is 1. The number of ether oxygens (including phenoxy) is 1. The lowest BCUT2D eigenvalue weighted by molar-refractivity contribution is -0.140. The number of benzene rings is 1. The number of hydrogen-bond donors (Lipinski definition) is 1. The largest absolute Gasteiger partial charge is 0.469 e. The highest BCUT2D eigenvalue weighted by Crippen LogP contribution is 2.20. The quantitative estimate of drug-likeness (QED) is 0.837. The molecule has 1 unspecified atom stereocenters. The number of nitrogens with two attached hydrogens (primary N) is 1. The summed E-state index contributed by atoms with van der Waals surface area (Å²) in [5, 5.41) is 1.08. The monoisotopic (exact) mass is 244 g/mol. The molecule has 0 amide bonds. The highest BCUT2D eigenvalue weighted by molar-refractivity contribution is 5.79. The fourth-order valence-electron chi connectivity index (χ4n) is 1.86. The minimum absolute atomic E-state index is 0.171. The van der Waals surface area contributed by atoms with Gasteiger partial charge in [-0.1, -0.05) is 18.2 Å². The van der Waals surface area contributed by atoms with E-state index in [9.17, 15) is 4.79 Å². The second-order valence-corrected chi connectivity index (χ2v) is 4.18. The Morgan fingerprint density at radius 3 is 3.06 bits per heavy atom. The van der Waals surface area contributed by atoms with E-state index in [-0.39, 0.29) is 12.0 Å². The van der Waals surface area contributed by atoms with Crippen LogP contribution >= 0.6 is 0 Å². The summed E-state index contributed by atoms with van der Waals surface area (Å²) < 4.78 is 4.60. The van der Waals surface area contributed by atoms with E-state index in [1.54, 1.807) is 6.20 Å². The van der Waals surface area contributed by atoms with Gasteiger partial charge in [0.15, 0.2) is 0 Å². The van der Waals surface area contributed by atoms with E-state index in [1.807, 2.05) is 30.3 Å². The molecule has 0 aliphatic rings. The van der Waals surface area contributed by atoms with Gasteiger partial charge < -0.3 is 10.5 Å². The summed E-state index contributed by atoms with van der Waals surface area (Å²) in [6, 6.07) is 9.68. The van der Waals surface area contributed by atoms with Crippen molar-refractivity contribution in [1.82, 2.24) is 4.98 Å². The van der Waals surface area contributed by atoms with E-state index in [4.69, 9.17) is 5.73 Å². The normalized spacial score (nSPS) is 12.3. The first-order valence-electron chi connectivity index (χ1n) is 5.88. The molecule has 0 aliphatic carbocycles. The van der Waals surface area contributed by atoms with Crippen LogP contribution in [0, 0.1) is 0 Å². The molecule has 18 heavy (non-hydrogen) atoms. The van der Waals surface area contributed by atoms with Gasteiger partial charge in [-0.05, 0) is 24.1 Å². The van der Waals surface area contributed by atoms with Crippen molar-refractivity contribution < 1.29 is 9.53 Å². The van der Waals surface area contributed by atoms with Gasteiger partial charge in [0.05, 0.1) is 12.6 Å². The number of esters is 1. The van der Waals surface area contributed by atoms with Gasteiger partial charge in [-0.2, -0.15) is 0 Å². The van der Waals surface area contributed by atoms with Crippen molar-refractivity contribution in [2.75, 3.05) is 7.11 Å². The van der Waals surface area contributed by atoms with Crippen LogP contribution in [0.3, 0.4) is 0 Å². The summed E-state index contributed by atoms with van der Waals surface area (Å²) >= 11 is 0. The van der Waals surface area contributed by atoms with E-state index in [0.29, 0.717) is 12.8 Å². The first kappa shape index (κ1) is 12.5. The Kier molecular flexibility index (Phi) is 3.89. The zero-order chi connectivity index (χ0) is 13.0. The molecule has 4 heteroatoms. The predicted molar refractivity (Wildman–Crippen MR) is 69.9 cm³/mol. The number of pyridine rings is 1. The maximum absolute atomic E-state index is 11.1. The van der Waals surface area contributed by atoms with Crippen LogP contribution in [0.25, 0.3) is 10.9 Å². The minimum atomic E-state index is -0.232. The van der Waals surface area contributed by atoms with Gasteiger partial charge in [0, 0.05) is 24.0 Å². The van der Waals surface area contributed by atoms with Crippen LogP contribution < -0.4 is 5.73 Å². The maximum Gasteiger partial charge on any atom is 0.305 e. The zero-order valence-electron chi connectivity index (χ0n) is 10.3. The van der Waals surface area contributed by atoms with E-state index in [0.717, 1.165) is 16.5 Å². The first-order valence-corrected chi connectivity index (χ1v) is 5.88. The summed E-state index contributed by atoms with van der Waals surface area (Å²) in [7, 11) is 1.38. The fourth-order valence-corrected chi connectivity index (χ4v) is 1.86. The maximum atomic E-state index is 11.1. The minimum Gasteiger partial charge on any atom is -0.469 e. The van der Waals surface area contributed by atoms with E-state index < -0.39 is 0 Å². The van der Waals surface area contributed by atoms with Gasteiger partial charge in [0.25, 0.3) is 0 Å². The summed E-state index contributed by atoms with van der Waals surface area (Å²) in [5.74, 6) is -0.232. The molecule has 0 fully saturated rings. The highest BCUT2D eigenvalue weighted by atomic mass is 16.5. The van der Waals surface area contributed by atoms with Crippen molar-refractivity contribution >= 4 is 16.9 Å². The van der Waals surface area contributed by atoms with Crippen molar-refractivity contribution in [2.24, 2.45) is 5.73 Å². The Labute approximate surface area is 106 Å². The van der Waals surface area contributed by atoms with Crippen LogP contribution in [0.4, 0.5) is 0 Å². The van der Waals surface area contributed by atoms with Gasteiger partial charge in [0.2, 0.25) is 0 Å². The van der Waals surface area contributed by atoms with Gasteiger partial charge in [-0.3, -0.25) is 9.78 Å². The van der Waals surface area contributed by atoms with Crippen LogP contribution in [0.5, 0.6) is 0 Å². The number of hydrogen-bond acceptors (Lipinski definition) is 4. The highest BCUT2D eigenvalue weighted by Gasteiger charge is 2.10. The molecule has 0 saturated carbocycles. The second kappa shape index (κ2) is 5.60. The van der Waals surface area contributed by atoms with Gasteiger partial charge in [-0.25, -0.2) is 0 Å². The molecule has 0 bridgehead atoms. The molecule has 2 N–H and O–H groups in total. The SMILES string of the molecule is COC(=O)CCC(N)c1ccc2cccnc2c1. The summed E-state index contributed by atoms with van der Waals surface area (Å²) in [4.78, 5) is 15.4. The zero-order valence-corrected chi connectivity index (χ0v) is 10.3. The Hall–Kier alpha value is -1.94. The van der Waals surface area contributed by atoms with E-state index in [2.05, 4.69) is 9.72 Å². The fraction of sp³-hybridized carbons (Fsp3) is 0.286. The number of carbonyl (C=O) groups is 1. The molecule has 0 aliphatic heterocycles. The molecule has 1 aromatic carbocycles. The molecule has 94 valence electrons. The Bertz CT molecular complexity index is 554. The lowest BCUT2D eigenvalue weighted by atomic mass is 10.0. The Morgan fingerprint density at radius 1 is 1.44 bits per heavy atom. The van der Waals surface area contributed by atoms with Crippen molar-refractivity contribution in [3.05, 3.63) is 42.1 Å². The summed E-state index contributed by atoms with van der Waals surface area (Å²) in [6.07, 6.45) is 2.66. The number of carbonyl (C=O) groups excluding carboxylic acids is 1. The molecular formula is C14H16N2O2. The third-order valence-corrected chi connectivity index (χ3v) is 2.95. The molecule has 2 rings (SSSR count). The second-order valence-electron chi connectivity index (χ2n) is 4.18. The molecule has 1 atom stereocenters. The number of fused-ring (bicyclic) bond motifs is 1. The molecule has 0 spiro atoms. The molecule has 4 nitrogen and oxygen atoms in total. The van der Waals surface area contributed by atoms with Gasteiger partial charge >= 0.3 is 5.97 Å². The van der Waals surface area contributed by atoms with Crippen molar-refractivity contribution in [3.8, 4) is 0 Å². The lowest BCUT2D eigenvalue weighted by Crippen LogP contribution is -2.13. The van der Waals surface area contributed by atoms with Crippen LogP contribution in [0.1, 0.15) is 24.4 Å². The van der Waals surface area contributed by atoms with Crippen molar-refractivity contribution in [1.29, 1.82) is 0 Å². The van der Waals surface area contributed by atoms with E-state index in [1.165, 1.54) is 7.11 Å². The third-order valence-electron chi connectivity index (χ3n) is 2.95. The number of rotatable bonds is 4. The van der Waals surface area contributed by atoms with Crippen LogP contribution in [0.2, 0.25) is 0 Å². The first-order chi connectivity index (χ1) is 8.70. The van der Waals surface area contributed by atoms with Gasteiger partial charge in [0.1, 0.15) is 0 Å². The van der Waals surface area contributed by atoms with Crippen molar-refractivity contribution in [3.63, 3.8) is 0 Å². The van der Waals surface area contributed by atoms with Crippen LogP contribution in [-0.2, 0) is 9.53 Å². The molecule has 1 aromatic heterocycles. The third kappa shape index (κ3) is 2.84. The van der Waals surface area contributed by atoms with Crippen molar-refractivity contribution in [2.45, 2.75) is 18.9 Å². The average molecular weight is 244 g/mol. The van der Waals surface area contributed by atoms with Crippen LogP contribution in [-0.4, -0.2) is 18.1 Å². The van der Waals surface area contributed by atoms with Gasteiger partial charge in [-0.15, -0.1) is 0 Å².